The molecule has 0 unspecified atom stereocenters. The molecule has 1 amide bonds. The summed E-state index contributed by atoms with van der Waals surface area (Å²) in [5, 5.41) is 8.40. The monoisotopic (exact) mass is 405 g/mol. The minimum Gasteiger partial charge on any atom is -0.335 e. The molecule has 0 saturated carbocycles. The van der Waals surface area contributed by atoms with E-state index in [0.717, 1.165) is 18.4 Å². The molecule has 3 aromatic rings. The molecule has 2 aromatic heterocycles. The number of hydrogen-bond donors (Lipinski definition) is 0. The van der Waals surface area contributed by atoms with Crippen LogP contribution in [0.1, 0.15) is 41.4 Å². The van der Waals surface area contributed by atoms with Crippen molar-refractivity contribution in [1.29, 1.82) is 0 Å². The lowest BCUT2D eigenvalue weighted by Gasteiger charge is -2.37. The molecular weight excluding hydrogens is 381 g/mol. The number of nitrogens with zero attached hydrogens (tertiary/aromatic N) is 5. The maximum absolute atomic E-state index is 13.5. The Kier molecular flexibility index (Phi) is 5.70. The van der Waals surface area contributed by atoms with E-state index in [1.54, 1.807) is 18.5 Å². The van der Waals surface area contributed by atoms with Crippen molar-refractivity contribution in [3.8, 4) is 5.69 Å². The Labute approximate surface area is 175 Å². The van der Waals surface area contributed by atoms with Crippen LogP contribution in [0.25, 0.3) is 11.8 Å². The van der Waals surface area contributed by atoms with E-state index in [4.69, 9.17) is 0 Å². The molecule has 1 fully saturated rings. The van der Waals surface area contributed by atoms with Gasteiger partial charge in [0, 0.05) is 12.6 Å². The number of amides is 1. The van der Waals surface area contributed by atoms with Crippen molar-refractivity contribution in [2.24, 2.45) is 5.92 Å². The molecule has 30 heavy (non-hydrogen) atoms. The summed E-state index contributed by atoms with van der Waals surface area (Å²) >= 11 is 0. The fourth-order valence-electron chi connectivity index (χ4n) is 3.79. The summed E-state index contributed by atoms with van der Waals surface area (Å²) in [5.74, 6) is -0.152. The van der Waals surface area contributed by atoms with E-state index in [9.17, 15) is 9.18 Å². The Morgan fingerprint density at radius 2 is 1.97 bits per heavy atom. The second-order valence-corrected chi connectivity index (χ2v) is 7.74. The van der Waals surface area contributed by atoms with E-state index in [-0.39, 0.29) is 23.7 Å². The number of halogens is 1. The van der Waals surface area contributed by atoms with Gasteiger partial charge in [-0.15, -0.1) is 0 Å². The molecule has 1 saturated heterocycles. The van der Waals surface area contributed by atoms with Gasteiger partial charge in [-0.3, -0.25) is 9.78 Å². The molecule has 6 nitrogen and oxygen atoms in total. The highest BCUT2D eigenvalue weighted by molar-refractivity contribution is 5.98. The topological polar surface area (TPSA) is 63.9 Å². The molecule has 4 rings (SSSR count). The number of carbonyl (C=O) groups excluding carboxylic acids is 1. The molecule has 1 aliphatic rings. The number of hydrogen-bond acceptors (Lipinski definition) is 4. The lowest BCUT2D eigenvalue weighted by atomic mass is 9.92. The molecular formula is C23H24FN5O. The van der Waals surface area contributed by atoms with Crippen LogP contribution in [-0.4, -0.2) is 43.4 Å². The number of carbonyl (C=O) groups is 1. The first-order valence-corrected chi connectivity index (χ1v) is 10.1. The normalized spacial score (nSPS) is 19.4. The summed E-state index contributed by atoms with van der Waals surface area (Å²) in [4.78, 5) is 21.0. The number of aromatic nitrogens is 4. The van der Waals surface area contributed by atoms with Gasteiger partial charge in [0.25, 0.3) is 5.91 Å². The van der Waals surface area contributed by atoms with Crippen molar-refractivity contribution >= 4 is 12.0 Å². The quantitative estimate of drug-likeness (QED) is 0.657. The molecule has 0 spiro atoms. The largest absolute Gasteiger partial charge is 0.335 e. The van der Waals surface area contributed by atoms with Crippen LogP contribution in [0.2, 0.25) is 0 Å². The van der Waals surface area contributed by atoms with E-state index in [2.05, 4.69) is 28.2 Å². The Hall–Kier alpha value is -3.35. The van der Waals surface area contributed by atoms with Gasteiger partial charge in [-0.25, -0.2) is 4.39 Å². The van der Waals surface area contributed by atoms with Gasteiger partial charge in [0.1, 0.15) is 5.82 Å². The number of piperidine rings is 1. The van der Waals surface area contributed by atoms with Crippen molar-refractivity contribution in [1.82, 2.24) is 24.9 Å². The minimum atomic E-state index is -0.351. The second kappa shape index (κ2) is 8.57. The Morgan fingerprint density at radius 3 is 2.70 bits per heavy atom. The first kappa shape index (κ1) is 19.9. The highest BCUT2D eigenvalue weighted by Crippen LogP contribution is 2.27. The molecule has 3 heterocycles. The van der Waals surface area contributed by atoms with Crippen molar-refractivity contribution in [3.63, 3.8) is 0 Å². The van der Waals surface area contributed by atoms with Crippen molar-refractivity contribution in [2.75, 3.05) is 6.54 Å². The molecule has 0 N–H and O–H groups in total. The third kappa shape index (κ3) is 4.30. The molecule has 2 atom stereocenters. The molecule has 0 aliphatic carbocycles. The molecule has 1 aliphatic heterocycles. The van der Waals surface area contributed by atoms with Crippen LogP contribution in [0.5, 0.6) is 0 Å². The number of likely N-dealkylation sites (tertiary alicyclic amines) is 1. The third-order valence-corrected chi connectivity index (χ3v) is 5.49. The molecule has 0 radical (unpaired) electrons. The number of rotatable bonds is 4. The van der Waals surface area contributed by atoms with Crippen LogP contribution in [0, 0.1) is 18.7 Å². The average molecular weight is 405 g/mol. The van der Waals surface area contributed by atoms with E-state index in [1.807, 2.05) is 36.1 Å². The van der Waals surface area contributed by atoms with Gasteiger partial charge in [0.05, 0.1) is 35.5 Å². The number of aryl methyl sites for hydroxylation is 1. The van der Waals surface area contributed by atoms with Gasteiger partial charge >= 0.3 is 0 Å². The first-order chi connectivity index (χ1) is 14.5. The van der Waals surface area contributed by atoms with Gasteiger partial charge in [-0.05, 0) is 62.9 Å². The predicted octanol–water partition coefficient (Wildman–Crippen LogP) is 4.06. The maximum Gasteiger partial charge on any atom is 0.256 e. The fraction of sp³-hybridized carbons (Fsp3) is 0.304. The molecule has 1 aromatic carbocycles. The SMILES string of the molecule is Cc1ccc(-n2nccn2)c(C(=O)N2C[C@H](/C=C/c3ccc(F)cn3)CC[C@H]2C)c1. The summed E-state index contributed by atoms with van der Waals surface area (Å²) in [6.45, 7) is 4.68. The summed E-state index contributed by atoms with van der Waals surface area (Å²) < 4.78 is 13.0. The summed E-state index contributed by atoms with van der Waals surface area (Å²) in [6, 6.07) is 8.93. The van der Waals surface area contributed by atoms with Crippen molar-refractivity contribution in [3.05, 3.63) is 77.6 Å². The zero-order valence-corrected chi connectivity index (χ0v) is 17.1. The Balaban J connectivity index is 1.56. The third-order valence-electron chi connectivity index (χ3n) is 5.49. The highest BCUT2D eigenvalue weighted by atomic mass is 19.1. The molecule has 154 valence electrons. The number of pyridine rings is 1. The van der Waals surface area contributed by atoms with Gasteiger partial charge in [0.2, 0.25) is 0 Å². The van der Waals surface area contributed by atoms with E-state index in [1.165, 1.54) is 17.1 Å². The van der Waals surface area contributed by atoms with Gasteiger partial charge < -0.3 is 4.90 Å². The van der Waals surface area contributed by atoms with Crippen molar-refractivity contribution < 1.29 is 9.18 Å². The molecule has 0 bridgehead atoms. The standard InChI is InChI=1S/C23H24FN5O/c1-16-3-10-22(29-26-11-12-27-29)21(13-16)23(30)28-15-18(5-4-17(28)2)6-8-20-9-7-19(24)14-25-20/h3,6-14,17-18H,4-5,15H2,1-2H3/b8-6+/t17-,18+/m1/s1. The summed E-state index contributed by atoms with van der Waals surface area (Å²) in [7, 11) is 0. The van der Waals surface area contributed by atoms with E-state index in [0.29, 0.717) is 23.5 Å². The highest BCUT2D eigenvalue weighted by Gasteiger charge is 2.30. The summed E-state index contributed by atoms with van der Waals surface area (Å²) in [5.41, 5.74) is 3.00. The van der Waals surface area contributed by atoms with Crippen LogP contribution in [0.3, 0.4) is 0 Å². The lowest BCUT2D eigenvalue weighted by molar-refractivity contribution is 0.0593. The smallest absolute Gasteiger partial charge is 0.256 e. The fourth-order valence-corrected chi connectivity index (χ4v) is 3.79. The Morgan fingerprint density at radius 1 is 1.17 bits per heavy atom. The van der Waals surface area contributed by atoms with Crippen LogP contribution < -0.4 is 0 Å². The van der Waals surface area contributed by atoms with Crippen LogP contribution in [-0.2, 0) is 0 Å². The van der Waals surface area contributed by atoms with E-state index >= 15 is 0 Å². The lowest BCUT2D eigenvalue weighted by Crippen LogP contribution is -2.45. The number of benzene rings is 1. The van der Waals surface area contributed by atoms with E-state index < -0.39 is 0 Å². The van der Waals surface area contributed by atoms with Crippen LogP contribution in [0.15, 0.2) is 55.0 Å². The van der Waals surface area contributed by atoms with Gasteiger partial charge in [-0.2, -0.15) is 15.0 Å². The van der Waals surface area contributed by atoms with Crippen LogP contribution in [0.4, 0.5) is 4.39 Å². The molecule has 7 heteroatoms. The second-order valence-electron chi connectivity index (χ2n) is 7.74. The Bertz CT molecular complexity index is 1050. The van der Waals surface area contributed by atoms with Crippen molar-refractivity contribution in [2.45, 2.75) is 32.7 Å². The zero-order valence-electron chi connectivity index (χ0n) is 17.1. The average Bonchev–Trinajstić information content (AvgIpc) is 3.28. The predicted molar refractivity (Wildman–Crippen MR) is 113 cm³/mol. The van der Waals surface area contributed by atoms with Crippen LogP contribution >= 0.6 is 0 Å². The van der Waals surface area contributed by atoms with Gasteiger partial charge in [0.15, 0.2) is 0 Å². The first-order valence-electron chi connectivity index (χ1n) is 10.1. The maximum atomic E-state index is 13.5. The zero-order chi connectivity index (χ0) is 21.1. The summed E-state index contributed by atoms with van der Waals surface area (Å²) in [6.07, 6.45) is 10.3. The van der Waals surface area contributed by atoms with Gasteiger partial charge in [-0.1, -0.05) is 17.7 Å². The minimum absolute atomic E-state index is 0.0171.